The molecular formula is C15H23NO2. The molecule has 0 bridgehead atoms. The Bertz CT molecular complexity index is 403. The van der Waals surface area contributed by atoms with Crippen LogP contribution in [0.2, 0.25) is 0 Å². The summed E-state index contributed by atoms with van der Waals surface area (Å²) in [7, 11) is 1.69. The second-order valence-electron chi connectivity index (χ2n) is 5.57. The van der Waals surface area contributed by atoms with E-state index in [4.69, 9.17) is 15.2 Å². The Morgan fingerprint density at radius 1 is 1.28 bits per heavy atom. The van der Waals surface area contributed by atoms with Crippen molar-refractivity contribution < 1.29 is 9.47 Å². The first-order valence-electron chi connectivity index (χ1n) is 6.57. The second kappa shape index (κ2) is 5.29. The maximum absolute atomic E-state index is 6.23. The van der Waals surface area contributed by atoms with E-state index in [1.807, 2.05) is 19.9 Å². The van der Waals surface area contributed by atoms with Gasteiger partial charge in [0.1, 0.15) is 5.75 Å². The van der Waals surface area contributed by atoms with Gasteiger partial charge in [-0.2, -0.15) is 0 Å². The molecule has 1 aromatic rings. The van der Waals surface area contributed by atoms with Gasteiger partial charge in [0.05, 0.1) is 7.11 Å². The van der Waals surface area contributed by atoms with Gasteiger partial charge in [-0.15, -0.1) is 0 Å². The highest BCUT2D eigenvalue weighted by Gasteiger charge is 2.22. The van der Waals surface area contributed by atoms with Gasteiger partial charge in [0.2, 0.25) is 0 Å². The monoisotopic (exact) mass is 249 g/mol. The van der Waals surface area contributed by atoms with Crippen molar-refractivity contribution in [3.63, 3.8) is 0 Å². The summed E-state index contributed by atoms with van der Waals surface area (Å²) in [6.07, 6.45) is 2.19. The van der Waals surface area contributed by atoms with Gasteiger partial charge in [-0.05, 0) is 50.3 Å². The minimum atomic E-state index is -0.382. The Hall–Kier alpha value is -1.06. The Balaban J connectivity index is 2.33. The summed E-state index contributed by atoms with van der Waals surface area (Å²) in [5.74, 6) is 1.46. The molecule has 0 radical (unpaired) electrons. The molecule has 2 N–H and O–H groups in total. The number of nitrogens with two attached hydrogens (primary N) is 1. The number of benzene rings is 1. The molecule has 0 atom stereocenters. The Kier molecular flexibility index (Phi) is 3.93. The summed E-state index contributed by atoms with van der Waals surface area (Å²) in [5.41, 5.74) is 8.28. The Labute approximate surface area is 109 Å². The van der Waals surface area contributed by atoms with Crippen LogP contribution in [0, 0.1) is 0 Å². The van der Waals surface area contributed by atoms with E-state index >= 15 is 0 Å². The van der Waals surface area contributed by atoms with Crippen LogP contribution >= 0.6 is 0 Å². The molecular weight excluding hydrogens is 226 g/mol. The van der Waals surface area contributed by atoms with Crippen LogP contribution in [0.4, 0.5) is 0 Å². The molecule has 3 nitrogen and oxygen atoms in total. The van der Waals surface area contributed by atoms with Crippen molar-refractivity contribution in [3.05, 3.63) is 29.3 Å². The molecule has 0 amide bonds. The van der Waals surface area contributed by atoms with Gasteiger partial charge in [0, 0.05) is 24.3 Å². The first-order chi connectivity index (χ1) is 8.52. The van der Waals surface area contributed by atoms with Crippen LogP contribution in [0.25, 0.3) is 0 Å². The minimum Gasteiger partial charge on any atom is -0.496 e. The molecule has 0 aliphatic carbocycles. The third-order valence-electron chi connectivity index (χ3n) is 3.61. The van der Waals surface area contributed by atoms with Crippen LogP contribution in [0.3, 0.4) is 0 Å². The molecule has 1 saturated heterocycles. The second-order valence-corrected chi connectivity index (χ2v) is 5.57. The average molecular weight is 249 g/mol. The lowest BCUT2D eigenvalue weighted by Gasteiger charge is -2.27. The third-order valence-corrected chi connectivity index (χ3v) is 3.61. The fraction of sp³-hybridized carbons (Fsp3) is 0.600. The summed E-state index contributed by atoms with van der Waals surface area (Å²) < 4.78 is 10.8. The van der Waals surface area contributed by atoms with E-state index in [9.17, 15) is 0 Å². The third kappa shape index (κ3) is 2.85. The van der Waals surface area contributed by atoms with Gasteiger partial charge in [-0.1, -0.05) is 6.07 Å². The average Bonchev–Trinajstić information content (AvgIpc) is 2.38. The number of rotatable bonds is 3. The van der Waals surface area contributed by atoms with Gasteiger partial charge in [-0.3, -0.25) is 0 Å². The van der Waals surface area contributed by atoms with Crippen molar-refractivity contribution >= 4 is 0 Å². The van der Waals surface area contributed by atoms with Crippen molar-refractivity contribution in [2.45, 2.75) is 38.1 Å². The van der Waals surface area contributed by atoms with Gasteiger partial charge in [-0.25, -0.2) is 0 Å². The van der Waals surface area contributed by atoms with Crippen molar-refractivity contribution in [1.29, 1.82) is 0 Å². The summed E-state index contributed by atoms with van der Waals surface area (Å²) in [6, 6.07) is 6.40. The maximum Gasteiger partial charge on any atom is 0.123 e. The summed E-state index contributed by atoms with van der Waals surface area (Å²) in [6.45, 7) is 5.74. The molecule has 1 fully saturated rings. The van der Waals surface area contributed by atoms with Crippen LogP contribution in [-0.4, -0.2) is 20.3 Å². The maximum atomic E-state index is 6.23. The molecule has 1 aliphatic heterocycles. The van der Waals surface area contributed by atoms with Crippen LogP contribution in [-0.2, 0) is 10.3 Å². The molecule has 1 heterocycles. The van der Waals surface area contributed by atoms with E-state index in [0.717, 1.165) is 37.4 Å². The zero-order chi connectivity index (χ0) is 13.2. The minimum absolute atomic E-state index is 0.382. The molecule has 18 heavy (non-hydrogen) atoms. The van der Waals surface area contributed by atoms with E-state index < -0.39 is 0 Å². The van der Waals surface area contributed by atoms with Gasteiger partial charge in [0.15, 0.2) is 0 Å². The smallest absolute Gasteiger partial charge is 0.123 e. The van der Waals surface area contributed by atoms with Gasteiger partial charge < -0.3 is 15.2 Å². The Morgan fingerprint density at radius 3 is 2.50 bits per heavy atom. The van der Waals surface area contributed by atoms with Crippen molar-refractivity contribution in [1.82, 2.24) is 0 Å². The molecule has 3 heteroatoms. The van der Waals surface area contributed by atoms with Gasteiger partial charge in [0.25, 0.3) is 0 Å². The normalized spacial score (nSPS) is 17.8. The van der Waals surface area contributed by atoms with Crippen molar-refractivity contribution in [2.75, 3.05) is 20.3 Å². The lowest BCUT2D eigenvalue weighted by Crippen LogP contribution is -2.29. The number of ether oxygens (including phenoxy) is 2. The molecule has 0 aromatic heterocycles. The van der Waals surface area contributed by atoms with Crippen molar-refractivity contribution in [2.24, 2.45) is 5.73 Å². The largest absolute Gasteiger partial charge is 0.496 e. The fourth-order valence-electron chi connectivity index (χ4n) is 2.51. The molecule has 2 rings (SSSR count). The first kappa shape index (κ1) is 13.4. The Morgan fingerprint density at radius 2 is 1.94 bits per heavy atom. The molecule has 0 unspecified atom stereocenters. The highest BCUT2D eigenvalue weighted by Crippen LogP contribution is 2.34. The van der Waals surface area contributed by atoms with E-state index in [2.05, 4.69) is 12.1 Å². The summed E-state index contributed by atoms with van der Waals surface area (Å²) in [5, 5.41) is 0. The lowest BCUT2D eigenvalue weighted by atomic mass is 9.86. The molecule has 0 spiro atoms. The standard InChI is InChI=1S/C15H23NO2/c1-15(2,16)13-10-12(4-5-14(13)17-3)11-6-8-18-9-7-11/h4-5,10-11H,6-9,16H2,1-3H3. The zero-order valence-corrected chi connectivity index (χ0v) is 11.5. The van der Waals surface area contributed by atoms with Crippen molar-refractivity contribution in [3.8, 4) is 5.75 Å². The zero-order valence-electron chi connectivity index (χ0n) is 11.5. The fourth-order valence-corrected chi connectivity index (χ4v) is 2.51. The van der Waals surface area contributed by atoms with Gasteiger partial charge >= 0.3 is 0 Å². The highest BCUT2D eigenvalue weighted by molar-refractivity contribution is 5.42. The van der Waals surface area contributed by atoms with E-state index in [-0.39, 0.29) is 5.54 Å². The molecule has 0 saturated carbocycles. The van der Waals surface area contributed by atoms with Crippen LogP contribution in [0.1, 0.15) is 43.7 Å². The summed E-state index contributed by atoms with van der Waals surface area (Å²) >= 11 is 0. The molecule has 1 aliphatic rings. The molecule has 100 valence electrons. The highest BCUT2D eigenvalue weighted by atomic mass is 16.5. The lowest BCUT2D eigenvalue weighted by molar-refractivity contribution is 0.0853. The van der Waals surface area contributed by atoms with Crippen LogP contribution in [0.5, 0.6) is 5.75 Å². The SMILES string of the molecule is COc1ccc(C2CCOCC2)cc1C(C)(C)N. The van der Waals surface area contributed by atoms with E-state index in [0.29, 0.717) is 5.92 Å². The van der Waals surface area contributed by atoms with E-state index in [1.54, 1.807) is 7.11 Å². The molecule has 1 aromatic carbocycles. The van der Waals surface area contributed by atoms with E-state index in [1.165, 1.54) is 5.56 Å². The number of hydrogen-bond acceptors (Lipinski definition) is 3. The topological polar surface area (TPSA) is 44.5 Å². The van der Waals surface area contributed by atoms with Crippen LogP contribution in [0.15, 0.2) is 18.2 Å². The number of methoxy groups -OCH3 is 1. The predicted octanol–water partition coefficient (Wildman–Crippen LogP) is 2.78. The number of hydrogen-bond donors (Lipinski definition) is 1. The predicted molar refractivity (Wildman–Crippen MR) is 73.0 cm³/mol. The quantitative estimate of drug-likeness (QED) is 0.896. The van der Waals surface area contributed by atoms with Crippen LogP contribution < -0.4 is 10.5 Å². The first-order valence-corrected chi connectivity index (χ1v) is 6.57. The summed E-state index contributed by atoms with van der Waals surface area (Å²) in [4.78, 5) is 0.